The molecule has 0 heterocycles. The van der Waals surface area contributed by atoms with E-state index in [2.05, 4.69) is 18.9 Å². The quantitative estimate of drug-likeness (QED) is 0.901. The summed E-state index contributed by atoms with van der Waals surface area (Å²) >= 11 is 0. The van der Waals surface area contributed by atoms with Crippen molar-refractivity contribution >= 4 is 5.69 Å². The van der Waals surface area contributed by atoms with Crippen LogP contribution in [0.15, 0.2) is 24.3 Å². The Labute approximate surface area is 115 Å². The summed E-state index contributed by atoms with van der Waals surface area (Å²) in [6, 6.07) is 6.85. The highest BCUT2D eigenvalue weighted by Gasteiger charge is 2.42. The third-order valence-corrected chi connectivity index (χ3v) is 4.88. The van der Waals surface area contributed by atoms with Gasteiger partial charge in [0.1, 0.15) is 5.82 Å². The Kier molecular flexibility index (Phi) is 4.46. The van der Waals surface area contributed by atoms with Gasteiger partial charge in [-0.25, -0.2) is 4.39 Å². The van der Waals surface area contributed by atoms with Crippen LogP contribution in [0, 0.1) is 11.7 Å². The van der Waals surface area contributed by atoms with Crippen LogP contribution in [0.3, 0.4) is 0 Å². The fourth-order valence-corrected chi connectivity index (χ4v) is 3.67. The van der Waals surface area contributed by atoms with E-state index in [0.29, 0.717) is 12.5 Å². The van der Waals surface area contributed by atoms with Crippen LogP contribution < -0.4 is 10.6 Å². The summed E-state index contributed by atoms with van der Waals surface area (Å²) in [6.07, 6.45) is 5.98. The zero-order valence-electron chi connectivity index (χ0n) is 12.0. The molecular formula is C16H25FN2. The van der Waals surface area contributed by atoms with Gasteiger partial charge in [0, 0.05) is 19.3 Å². The minimum absolute atomic E-state index is 0.0131. The number of benzene rings is 1. The first-order valence-electron chi connectivity index (χ1n) is 7.33. The molecular weight excluding hydrogens is 239 g/mol. The average Bonchev–Trinajstić information content (AvgIpc) is 2.46. The molecule has 0 aliphatic heterocycles. The SMILES string of the molecule is CCC1CCCCC1(CN)N(C)c1cccc(F)c1. The van der Waals surface area contributed by atoms with Gasteiger partial charge in [-0.1, -0.05) is 32.3 Å². The fraction of sp³-hybridized carbons (Fsp3) is 0.625. The Morgan fingerprint density at radius 1 is 1.42 bits per heavy atom. The van der Waals surface area contributed by atoms with Crippen LogP contribution in [-0.4, -0.2) is 19.1 Å². The summed E-state index contributed by atoms with van der Waals surface area (Å²) in [5, 5.41) is 0. The Morgan fingerprint density at radius 2 is 2.21 bits per heavy atom. The topological polar surface area (TPSA) is 29.3 Å². The third kappa shape index (κ3) is 2.62. The van der Waals surface area contributed by atoms with Crippen molar-refractivity contribution < 1.29 is 4.39 Å². The van der Waals surface area contributed by atoms with Crippen molar-refractivity contribution in [2.45, 2.75) is 44.6 Å². The predicted octanol–water partition coefficient (Wildman–Crippen LogP) is 3.56. The number of hydrogen-bond acceptors (Lipinski definition) is 2. The third-order valence-electron chi connectivity index (χ3n) is 4.88. The van der Waals surface area contributed by atoms with Crippen LogP contribution >= 0.6 is 0 Å². The normalized spacial score (nSPS) is 27.3. The van der Waals surface area contributed by atoms with Gasteiger partial charge in [0.05, 0.1) is 5.54 Å². The minimum Gasteiger partial charge on any atom is -0.367 e. The average molecular weight is 264 g/mol. The standard InChI is InChI=1S/C16H25FN2/c1-3-13-7-4-5-10-16(13,12-18)19(2)15-9-6-8-14(17)11-15/h6,8-9,11,13H,3-5,7,10,12,18H2,1-2H3. The van der Waals surface area contributed by atoms with Crippen LogP contribution in [0.5, 0.6) is 0 Å². The summed E-state index contributed by atoms with van der Waals surface area (Å²) < 4.78 is 13.4. The van der Waals surface area contributed by atoms with Crippen LogP contribution in [0.1, 0.15) is 39.0 Å². The monoisotopic (exact) mass is 264 g/mol. The molecule has 3 heteroatoms. The van der Waals surface area contributed by atoms with E-state index in [0.717, 1.165) is 18.5 Å². The predicted molar refractivity (Wildman–Crippen MR) is 78.8 cm³/mol. The van der Waals surface area contributed by atoms with Gasteiger partial charge >= 0.3 is 0 Å². The molecule has 0 aromatic heterocycles. The maximum Gasteiger partial charge on any atom is 0.125 e. The van der Waals surface area contributed by atoms with E-state index in [-0.39, 0.29) is 11.4 Å². The Morgan fingerprint density at radius 3 is 2.84 bits per heavy atom. The van der Waals surface area contributed by atoms with E-state index in [1.54, 1.807) is 12.1 Å². The summed E-state index contributed by atoms with van der Waals surface area (Å²) in [4.78, 5) is 2.23. The maximum absolute atomic E-state index is 13.4. The highest BCUT2D eigenvalue weighted by atomic mass is 19.1. The number of anilines is 1. The van der Waals surface area contributed by atoms with Crippen molar-refractivity contribution in [3.63, 3.8) is 0 Å². The Balaban J connectivity index is 2.33. The van der Waals surface area contributed by atoms with Crippen molar-refractivity contribution in [2.75, 3.05) is 18.5 Å². The molecule has 0 bridgehead atoms. The molecule has 2 rings (SSSR count). The minimum atomic E-state index is -0.180. The van der Waals surface area contributed by atoms with Gasteiger partial charge in [-0.15, -0.1) is 0 Å². The first-order valence-corrected chi connectivity index (χ1v) is 7.33. The van der Waals surface area contributed by atoms with Crippen molar-refractivity contribution in [2.24, 2.45) is 11.7 Å². The molecule has 2 nitrogen and oxygen atoms in total. The van der Waals surface area contributed by atoms with E-state index >= 15 is 0 Å². The van der Waals surface area contributed by atoms with Crippen molar-refractivity contribution in [3.05, 3.63) is 30.1 Å². The molecule has 106 valence electrons. The highest BCUT2D eigenvalue weighted by molar-refractivity contribution is 5.49. The lowest BCUT2D eigenvalue weighted by Crippen LogP contribution is -2.58. The summed E-state index contributed by atoms with van der Waals surface area (Å²) in [5.41, 5.74) is 7.07. The first-order chi connectivity index (χ1) is 9.14. The van der Waals surface area contributed by atoms with E-state index in [4.69, 9.17) is 5.73 Å². The van der Waals surface area contributed by atoms with E-state index in [1.807, 2.05) is 6.07 Å². The molecule has 0 saturated heterocycles. The smallest absolute Gasteiger partial charge is 0.125 e. The zero-order chi connectivity index (χ0) is 13.9. The molecule has 2 atom stereocenters. The van der Waals surface area contributed by atoms with Crippen molar-refractivity contribution in [1.82, 2.24) is 0 Å². The van der Waals surface area contributed by atoms with E-state index in [1.165, 1.54) is 25.3 Å². The molecule has 0 radical (unpaired) electrons. The summed E-state index contributed by atoms with van der Waals surface area (Å²) in [7, 11) is 2.07. The number of nitrogens with zero attached hydrogens (tertiary/aromatic N) is 1. The van der Waals surface area contributed by atoms with Gasteiger partial charge in [-0.3, -0.25) is 0 Å². The second kappa shape index (κ2) is 5.91. The van der Waals surface area contributed by atoms with Crippen LogP contribution in [0.4, 0.5) is 10.1 Å². The molecule has 2 unspecified atom stereocenters. The van der Waals surface area contributed by atoms with Crippen LogP contribution in [0.25, 0.3) is 0 Å². The highest BCUT2D eigenvalue weighted by Crippen LogP contribution is 2.41. The maximum atomic E-state index is 13.4. The molecule has 1 aromatic carbocycles. The number of rotatable bonds is 4. The molecule has 19 heavy (non-hydrogen) atoms. The number of hydrogen-bond donors (Lipinski definition) is 1. The fourth-order valence-electron chi connectivity index (χ4n) is 3.67. The van der Waals surface area contributed by atoms with Gasteiger partial charge < -0.3 is 10.6 Å². The lowest BCUT2D eigenvalue weighted by Gasteiger charge is -2.50. The number of likely N-dealkylation sites (N-methyl/N-ethyl adjacent to an activating group) is 1. The molecule has 1 aromatic rings. The van der Waals surface area contributed by atoms with Gasteiger partial charge in [-0.2, -0.15) is 0 Å². The van der Waals surface area contributed by atoms with Crippen molar-refractivity contribution in [3.8, 4) is 0 Å². The van der Waals surface area contributed by atoms with Crippen LogP contribution in [0.2, 0.25) is 0 Å². The lowest BCUT2D eigenvalue weighted by molar-refractivity contribution is 0.183. The van der Waals surface area contributed by atoms with Crippen LogP contribution in [-0.2, 0) is 0 Å². The number of nitrogens with two attached hydrogens (primary N) is 1. The van der Waals surface area contributed by atoms with Gasteiger partial charge in [0.25, 0.3) is 0 Å². The van der Waals surface area contributed by atoms with Gasteiger partial charge in [0.2, 0.25) is 0 Å². The zero-order valence-corrected chi connectivity index (χ0v) is 12.0. The summed E-state index contributed by atoms with van der Waals surface area (Å²) in [5.74, 6) is 0.417. The van der Waals surface area contributed by atoms with E-state index in [9.17, 15) is 4.39 Å². The molecule has 1 saturated carbocycles. The molecule has 1 fully saturated rings. The van der Waals surface area contributed by atoms with Crippen molar-refractivity contribution in [1.29, 1.82) is 0 Å². The molecule has 0 spiro atoms. The van der Waals surface area contributed by atoms with E-state index < -0.39 is 0 Å². The lowest BCUT2D eigenvalue weighted by atomic mass is 9.70. The second-order valence-corrected chi connectivity index (χ2v) is 5.70. The second-order valence-electron chi connectivity index (χ2n) is 5.70. The number of halogens is 1. The van der Waals surface area contributed by atoms with Gasteiger partial charge in [0.15, 0.2) is 0 Å². The summed E-state index contributed by atoms with van der Waals surface area (Å²) in [6.45, 7) is 2.87. The first kappa shape index (κ1) is 14.3. The molecule has 2 N–H and O–H groups in total. The molecule has 1 aliphatic carbocycles. The molecule has 1 aliphatic rings. The molecule has 0 amide bonds. The largest absolute Gasteiger partial charge is 0.367 e. The Bertz CT molecular complexity index is 421. The Hall–Kier alpha value is -1.09. The van der Waals surface area contributed by atoms with Gasteiger partial charge in [-0.05, 0) is 37.0 Å².